The molecule has 0 fully saturated rings. The number of anilines is 1. The lowest BCUT2D eigenvalue weighted by molar-refractivity contribution is -0.119. The molecule has 0 atom stereocenters. The average molecular weight is 403 g/mol. The first kappa shape index (κ1) is 16.8. The van der Waals surface area contributed by atoms with E-state index in [1.165, 1.54) is 12.1 Å². The molecule has 0 saturated heterocycles. The Hall–Kier alpha value is -1.56. The van der Waals surface area contributed by atoms with Crippen LogP contribution < -0.4 is 5.32 Å². The van der Waals surface area contributed by atoms with E-state index in [4.69, 9.17) is 27.9 Å². The molecule has 0 radical (unpaired) electrons. The molecule has 0 bridgehead atoms. The molecule has 0 saturated carbocycles. The molecule has 7 heteroatoms. The number of nitrogens with one attached hydrogen (secondary N) is 1. The van der Waals surface area contributed by atoms with E-state index in [0.29, 0.717) is 5.69 Å². The van der Waals surface area contributed by atoms with Crippen LogP contribution in [0.5, 0.6) is 0 Å². The van der Waals surface area contributed by atoms with E-state index in [2.05, 4.69) is 21.2 Å². The molecule has 0 aliphatic carbocycles. The van der Waals surface area contributed by atoms with Crippen molar-refractivity contribution in [3.8, 4) is 0 Å². The zero-order valence-corrected chi connectivity index (χ0v) is 14.2. The second-order valence-corrected chi connectivity index (χ2v) is 5.96. The fourth-order valence-electron chi connectivity index (χ4n) is 1.63. The Balaban J connectivity index is 1.93. The number of ether oxygens (including phenoxy) is 1. The van der Waals surface area contributed by atoms with Crippen molar-refractivity contribution in [3.63, 3.8) is 0 Å². The van der Waals surface area contributed by atoms with Crippen LogP contribution in [0.3, 0.4) is 0 Å². The van der Waals surface area contributed by atoms with E-state index in [-0.39, 0.29) is 15.6 Å². The summed E-state index contributed by atoms with van der Waals surface area (Å²) in [6.07, 6.45) is 0. The Morgan fingerprint density at radius 3 is 2.23 bits per heavy atom. The zero-order valence-electron chi connectivity index (χ0n) is 11.1. The van der Waals surface area contributed by atoms with Gasteiger partial charge in [-0.05, 0) is 36.4 Å². The molecule has 0 heterocycles. The Bertz CT molecular complexity index is 684. The first-order chi connectivity index (χ1) is 10.5. The number of hydrogen-bond acceptors (Lipinski definition) is 3. The van der Waals surface area contributed by atoms with E-state index in [9.17, 15) is 9.59 Å². The molecule has 4 nitrogen and oxygen atoms in total. The first-order valence-corrected chi connectivity index (χ1v) is 7.69. The molecular formula is C15H10BrCl2NO3. The molecule has 0 aliphatic heterocycles. The summed E-state index contributed by atoms with van der Waals surface area (Å²) in [6, 6.07) is 11.7. The summed E-state index contributed by atoms with van der Waals surface area (Å²) in [5, 5.41) is 2.95. The Morgan fingerprint density at radius 1 is 1.05 bits per heavy atom. The van der Waals surface area contributed by atoms with Gasteiger partial charge in [0, 0.05) is 10.2 Å². The van der Waals surface area contributed by atoms with Crippen molar-refractivity contribution in [1.29, 1.82) is 0 Å². The molecular weight excluding hydrogens is 393 g/mol. The Labute approximate surface area is 145 Å². The maximum atomic E-state index is 11.9. The van der Waals surface area contributed by atoms with Crippen LogP contribution in [-0.4, -0.2) is 18.5 Å². The third kappa shape index (κ3) is 4.47. The maximum absolute atomic E-state index is 11.9. The first-order valence-electron chi connectivity index (χ1n) is 6.14. The van der Waals surface area contributed by atoms with Gasteiger partial charge >= 0.3 is 5.97 Å². The minimum Gasteiger partial charge on any atom is -0.452 e. The van der Waals surface area contributed by atoms with Gasteiger partial charge in [0.15, 0.2) is 6.61 Å². The van der Waals surface area contributed by atoms with Gasteiger partial charge in [-0.2, -0.15) is 0 Å². The van der Waals surface area contributed by atoms with E-state index in [0.717, 1.165) is 4.47 Å². The van der Waals surface area contributed by atoms with Gasteiger partial charge in [-0.15, -0.1) is 0 Å². The maximum Gasteiger partial charge on any atom is 0.341 e. The van der Waals surface area contributed by atoms with Gasteiger partial charge in [0.2, 0.25) is 0 Å². The van der Waals surface area contributed by atoms with E-state index >= 15 is 0 Å². The van der Waals surface area contributed by atoms with Crippen molar-refractivity contribution in [3.05, 3.63) is 62.5 Å². The monoisotopic (exact) mass is 401 g/mol. The second-order valence-electron chi connectivity index (χ2n) is 4.23. The van der Waals surface area contributed by atoms with Crippen LogP contribution in [0.1, 0.15) is 10.4 Å². The van der Waals surface area contributed by atoms with Gasteiger partial charge in [-0.25, -0.2) is 4.79 Å². The van der Waals surface area contributed by atoms with Crippen LogP contribution in [0.2, 0.25) is 10.0 Å². The van der Waals surface area contributed by atoms with Crippen LogP contribution in [0, 0.1) is 0 Å². The summed E-state index contributed by atoms with van der Waals surface area (Å²) >= 11 is 15.1. The highest BCUT2D eigenvalue weighted by atomic mass is 79.9. The largest absolute Gasteiger partial charge is 0.452 e. The summed E-state index contributed by atoms with van der Waals surface area (Å²) in [7, 11) is 0. The second kappa shape index (κ2) is 7.63. The molecule has 0 aliphatic rings. The van der Waals surface area contributed by atoms with Gasteiger partial charge in [0.1, 0.15) is 0 Å². The molecule has 2 aromatic carbocycles. The predicted molar refractivity (Wildman–Crippen MR) is 89.5 cm³/mol. The lowest BCUT2D eigenvalue weighted by Gasteiger charge is -2.08. The van der Waals surface area contributed by atoms with E-state index in [1.807, 2.05) is 0 Å². The van der Waals surface area contributed by atoms with Gasteiger partial charge in [-0.1, -0.05) is 45.2 Å². The summed E-state index contributed by atoms with van der Waals surface area (Å²) in [5.41, 5.74) is 0.641. The minimum absolute atomic E-state index is 0.0438. The number of hydrogen-bond donors (Lipinski definition) is 1. The molecule has 0 aromatic heterocycles. The fraction of sp³-hybridized carbons (Fsp3) is 0.0667. The number of carbonyl (C=O) groups is 2. The van der Waals surface area contributed by atoms with Crippen LogP contribution in [-0.2, 0) is 9.53 Å². The number of esters is 1. The van der Waals surface area contributed by atoms with Crippen molar-refractivity contribution in [2.45, 2.75) is 0 Å². The Kier molecular flexibility index (Phi) is 5.83. The third-order valence-electron chi connectivity index (χ3n) is 2.63. The number of rotatable bonds is 4. The van der Waals surface area contributed by atoms with Crippen LogP contribution in [0.25, 0.3) is 0 Å². The lowest BCUT2D eigenvalue weighted by Crippen LogP contribution is -2.21. The van der Waals surface area contributed by atoms with Crippen molar-refractivity contribution < 1.29 is 14.3 Å². The lowest BCUT2D eigenvalue weighted by atomic mass is 10.2. The quantitative estimate of drug-likeness (QED) is 0.763. The SMILES string of the molecule is O=C(COC(=O)c1c(Cl)cccc1Cl)Nc1ccc(Br)cc1. The number of halogens is 3. The van der Waals surface area contributed by atoms with Gasteiger partial charge in [0.25, 0.3) is 5.91 Å². The molecule has 1 amide bonds. The topological polar surface area (TPSA) is 55.4 Å². The number of benzene rings is 2. The average Bonchev–Trinajstić information content (AvgIpc) is 2.47. The summed E-state index contributed by atoms with van der Waals surface area (Å²) in [6.45, 7) is -0.434. The molecule has 2 rings (SSSR count). The Morgan fingerprint density at radius 2 is 1.64 bits per heavy atom. The molecule has 0 unspecified atom stereocenters. The molecule has 114 valence electrons. The molecule has 2 aromatic rings. The standard InChI is InChI=1S/C15H10BrCl2NO3/c16-9-4-6-10(7-5-9)19-13(20)8-22-15(21)14-11(17)2-1-3-12(14)18/h1-7H,8H2,(H,19,20). The molecule has 0 spiro atoms. The normalized spacial score (nSPS) is 10.1. The third-order valence-corrected chi connectivity index (χ3v) is 3.79. The fourth-order valence-corrected chi connectivity index (χ4v) is 2.44. The number of carbonyl (C=O) groups excluding carboxylic acids is 2. The minimum atomic E-state index is -0.749. The summed E-state index contributed by atoms with van der Waals surface area (Å²) in [5.74, 6) is -1.21. The van der Waals surface area contributed by atoms with E-state index in [1.54, 1.807) is 30.3 Å². The van der Waals surface area contributed by atoms with Gasteiger partial charge in [0.05, 0.1) is 15.6 Å². The highest BCUT2D eigenvalue weighted by Crippen LogP contribution is 2.24. The van der Waals surface area contributed by atoms with Crippen LogP contribution in [0.15, 0.2) is 46.9 Å². The van der Waals surface area contributed by atoms with Crippen molar-refractivity contribution >= 4 is 56.7 Å². The highest BCUT2D eigenvalue weighted by Gasteiger charge is 2.17. The van der Waals surface area contributed by atoms with Crippen molar-refractivity contribution in [1.82, 2.24) is 0 Å². The summed E-state index contributed by atoms with van der Waals surface area (Å²) < 4.78 is 5.81. The summed E-state index contributed by atoms with van der Waals surface area (Å²) in [4.78, 5) is 23.6. The van der Waals surface area contributed by atoms with Gasteiger partial charge in [-0.3, -0.25) is 4.79 Å². The number of amides is 1. The molecule has 22 heavy (non-hydrogen) atoms. The smallest absolute Gasteiger partial charge is 0.341 e. The van der Waals surface area contributed by atoms with Crippen molar-refractivity contribution in [2.75, 3.05) is 11.9 Å². The van der Waals surface area contributed by atoms with Crippen LogP contribution in [0.4, 0.5) is 5.69 Å². The highest BCUT2D eigenvalue weighted by molar-refractivity contribution is 9.10. The molecule has 1 N–H and O–H groups in total. The van der Waals surface area contributed by atoms with Gasteiger partial charge < -0.3 is 10.1 Å². The zero-order chi connectivity index (χ0) is 16.1. The van der Waals surface area contributed by atoms with Crippen molar-refractivity contribution in [2.24, 2.45) is 0 Å². The van der Waals surface area contributed by atoms with Crippen LogP contribution >= 0.6 is 39.1 Å². The van der Waals surface area contributed by atoms with E-state index < -0.39 is 18.5 Å². The predicted octanol–water partition coefficient (Wildman–Crippen LogP) is 4.55.